The summed E-state index contributed by atoms with van der Waals surface area (Å²) in [6.07, 6.45) is 0. The SMILES string of the molecule is S=C(Nc1ccc(Oc2ccccc2)cc1)Nc1ccc2ccccc2c1. The minimum Gasteiger partial charge on any atom is -0.457 e. The molecule has 0 aromatic heterocycles. The molecule has 0 aliphatic carbocycles. The number of thiocarbonyl (C=S) groups is 1. The van der Waals surface area contributed by atoms with Crippen molar-refractivity contribution in [3.05, 3.63) is 97.1 Å². The molecule has 4 heteroatoms. The largest absolute Gasteiger partial charge is 0.457 e. The Balaban J connectivity index is 1.38. The molecular weight excluding hydrogens is 352 g/mol. The Bertz CT molecular complexity index is 1060. The Morgan fingerprint density at radius 1 is 0.593 bits per heavy atom. The molecule has 2 N–H and O–H groups in total. The van der Waals surface area contributed by atoms with E-state index in [1.165, 1.54) is 10.8 Å². The summed E-state index contributed by atoms with van der Waals surface area (Å²) in [5.41, 5.74) is 1.85. The zero-order valence-corrected chi connectivity index (χ0v) is 15.4. The summed E-state index contributed by atoms with van der Waals surface area (Å²) in [6, 6.07) is 31.8. The van der Waals surface area contributed by atoms with Gasteiger partial charge in [0.05, 0.1) is 0 Å². The molecule has 0 heterocycles. The van der Waals surface area contributed by atoms with Gasteiger partial charge in [-0.3, -0.25) is 0 Å². The van der Waals surface area contributed by atoms with Crippen molar-refractivity contribution in [3.63, 3.8) is 0 Å². The number of nitrogens with one attached hydrogen (secondary N) is 2. The monoisotopic (exact) mass is 370 g/mol. The summed E-state index contributed by atoms with van der Waals surface area (Å²) in [4.78, 5) is 0. The fourth-order valence-electron chi connectivity index (χ4n) is 2.79. The van der Waals surface area contributed by atoms with Crippen molar-refractivity contribution in [2.75, 3.05) is 10.6 Å². The second-order valence-corrected chi connectivity index (χ2v) is 6.49. The van der Waals surface area contributed by atoms with Gasteiger partial charge in [0.1, 0.15) is 11.5 Å². The van der Waals surface area contributed by atoms with Gasteiger partial charge in [-0.25, -0.2) is 0 Å². The Labute approximate surface area is 163 Å². The summed E-state index contributed by atoms with van der Waals surface area (Å²) < 4.78 is 5.80. The van der Waals surface area contributed by atoms with Crippen LogP contribution in [0.25, 0.3) is 10.8 Å². The molecule has 0 saturated heterocycles. The lowest BCUT2D eigenvalue weighted by atomic mass is 10.1. The fourth-order valence-corrected chi connectivity index (χ4v) is 3.03. The maximum atomic E-state index is 5.80. The first-order chi connectivity index (χ1) is 13.3. The van der Waals surface area contributed by atoms with Gasteiger partial charge in [-0.05, 0) is 71.5 Å². The van der Waals surface area contributed by atoms with E-state index in [0.29, 0.717) is 5.11 Å². The summed E-state index contributed by atoms with van der Waals surface area (Å²) in [5.74, 6) is 1.59. The van der Waals surface area contributed by atoms with Crippen LogP contribution in [0.3, 0.4) is 0 Å². The topological polar surface area (TPSA) is 33.3 Å². The van der Waals surface area contributed by atoms with E-state index in [9.17, 15) is 0 Å². The van der Waals surface area contributed by atoms with Crippen molar-refractivity contribution in [2.24, 2.45) is 0 Å². The van der Waals surface area contributed by atoms with Gasteiger partial charge < -0.3 is 15.4 Å². The predicted molar refractivity (Wildman–Crippen MR) is 117 cm³/mol. The molecule has 0 fully saturated rings. The minimum absolute atomic E-state index is 0.544. The Morgan fingerprint density at radius 2 is 1.19 bits per heavy atom. The molecule has 4 aromatic rings. The molecule has 0 aliphatic rings. The van der Waals surface area contributed by atoms with Gasteiger partial charge in [-0.1, -0.05) is 48.5 Å². The number of ether oxygens (including phenoxy) is 1. The fraction of sp³-hybridized carbons (Fsp3) is 0. The first-order valence-electron chi connectivity index (χ1n) is 8.66. The van der Waals surface area contributed by atoms with Gasteiger partial charge in [-0.2, -0.15) is 0 Å². The van der Waals surface area contributed by atoms with Crippen LogP contribution in [0.4, 0.5) is 11.4 Å². The van der Waals surface area contributed by atoms with Gasteiger partial charge in [0, 0.05) is 11.4 Å². The minimum atomic E-state index is 0.544. The van der Waals surface area contributed by atoms with Crippen molar-refractivity contribution in [2.45, 2.75) is 0 Å². The molecule has 27 heavy (non-hydrogen) atoms. The highest BCUT2D eigenvalue weighted by Crippen LogP contribution is 2.23. The van der Waals surface area contributed by atoms with Crippen molar-refractivity contribution in [1.82, 2.24) is 0 Å². The van der Waals surface area contributed by atoms with Crippen LogP contribution >= 0.6 is 12.2 Å². The third-order valence-electron chi connectivity index (χ3n) is 4.10. The predicted octanol–water partition coefficient (Wildman–Crippen LogP) is 6.44. The maximum Gasteiger partial charge on any atom is 0.175 e. The highest BCUT2D eigenvalue weighted by Gasteiger charge is 2.02. The average molecular weight is 370 g/mol. The summed E-state index contributed by atoms with van der Waals surface area (Å²) in [5, 5.41) is 9.34. The van der Waals surface area contributed by atoms with Gasteiger partial charge in [0.15, 0.2) is 5.11 Å². The highest BCUT2D eigenvalue weighted by atomic mass is 32.1. The third kappa shape index (κ3) is 4.43. The molecule has 0 aliphatic heterocycles. The number of hydrogen-bond donors (Lipinski definition) is 2. The van der Waals surface area contributed by atoms with Gasteiger partial charge in [0.2, 0.25) is 0 Å². The summed E-state index contributed by atoms with van der Waals surface area (Å²) in [7, 11) is 0. The normalized spacial score (nSPS) is 10.4. The van der Waals surface area contributed by atoms with E-state index in [1.54, 1.807) is 0 Å². The Hall–Kier alpha value is -3.37. The van der Waals surface area contributed by atoms with Crippen molar-refractivity contribution in [1.29, 1.82) is 0 Å². The van der Waals surface area contributed by atoms with Gasteiger partial charge >= 0.3 is 0 Å². The molecule has 0 atom stereocenters. The number of para-hydroxylation sites is 1. The second kappa shape index (κ2) is 7.89. The van der Waals surface area contributed by atoms with Crippen molar-refractivity contribution in [3.8, 4) is 11.5 Å². The van der Waals surface area contributed by atoms with Crippen molar-refractivity contribution < 1.29 is 4.74 Å². The lowest BCUT2D eigenvalue weighted by Gasteiger charge is -2.12. The van der Waals surface area contributed by atoms with Crippen LogP contribution in [0.1, 0.15) is 0 Å². The van der Waals surface area contributed by atoms with Crippen LogP contribution < -0.4 is 15.4 Å². The maximum absolute atomic E-state index is 5.80. The molecule has 4 aromatic carbocycles. The second-order valence-electron chi connectivity index (χ2n) is 6.08. The smallest absolute Gasteiger partial charge is 0.175 e. The molecule has 0 unspecified atom stereocenters. The Morgan fingerprint density at radius 3 is 1.96 bits per heavy atom. The quantitative estimate of drug-likeness (QED) is 0.405. The number of benzene rings is 4. The number of fused-ring (bicyclic) bond motifs is 1. The molecule has 0 saturated carbocycles. The van der Waals surface area contributed by atoms with Crippen LogP contribution in [-0.2, 0) is 0 Å². The molecule has 0 amide bonds. The van der Waals surface area contributed by atoms with E-state index in [1.807, 2.05) is 72.8 Å². The Kier molecular flexibility index (Phi) is 4.99. The molecule has 0 bridgehead atoms. The average Bonchev–Trinajstić information content (AvgIpc) is 2.70. The van der Waals surface area contributed by atoms with Crippen molar-refractivity contribution >= 4 is 39.5 Å². The molecule has 132 valence electrons. The number of anilines is 2. The van der Waals surface area contributed by atoms with E-state index in [-0.39, 0.29) is 0 Å². The van der Waals surface area contributed by atoms with E-state index in [2.05, 4.69) is 34.9 Å². The molecule has 0 radical (unpaired) electrons. The lowest BCUT2D eigenvalue weighted by molar-refractivity contribution is 0.483. The highest BCUT2D eigenvalue weighted by molar-refractivity contribution is 7.80. The zero-order chi connectivity index (χ0) is 18.5. The number of hydrogen-bond acceptors (Lipinski definition) is 2. The molecule has 3 nitrogen and oxygen atoms in total. The summed E-state index contributed by atoms with van der Waals surface area (Å²) >= 11 is 5.43. The third-order valence-corrected chi connectivity index (χ3v) is 4.30. The van der Waals surface area contributed by atoms with Crippen LogP contribution in [-0.4, -0.2) is 5.11 Å². The molecule has 0 spiro atoms. The van der Waals surface area contributed by atoms with Crippen LogP contribution in [0.5, 0.6) is 11.5 Å². The molecule has 4 rings (SSSR count). The zero-order valence-electron chi connectivity index (χ0n) is 14.6. The van der Waals surface area contributed by atoms with E-state index in [4.69, 9.17) is 17.0 Å². The first kappa shape index (κ1) is 17.1. The van der Waals surface area contributed by atoms with E-state index >= 15 is 0 Å². The summed E-state index contributed by atoms with van der Waals surface area (Å²) in [6.45, 7) is 0. The lowest BCUT2D eigenvalue weighted by Crippen LogP contribution is -2.18. The molecular formula is C23H18N2OS. The standard InChI is InChI=1S/C23H18N2OS/c27-23(25-20-11-10-17-6-4-5-7-18(17)16-20)24-19-12-14-22(15-13-19)26-21-8-2-1-3-9-21/h1-16H,(H2,24,25,27). The van der Waals surface area contributed by atoms with E-state index < -0.39 is 0 Å². The van der Waals surface area contributed by atoms with Crippen LogP contribution in [0.2, 0.25) is 0 Å². The van der Waals surface area contributed by atoms with Gasteiger partial charge in [0.25, 0.3) is 0 Å². The van der Waals surface area contributed by atoms with Gasteiger partial charge in [-0.15, -0.1) is 0 Å². The van der Waals surface area contributed by atoms with Crippen LogP contribution in [0.15, 0.2) is 97.1 Å². The first-order valence-corrected chi connectivity index (χ1v) is 9.07. The van der Waals surface area contributed by atoms with Crippen LogP contribution in [0, 0.1) is 0 Å². The number of rotatable bonds is 4. The van der Waals surface area contributed by atoms with E-state index in [0.717, 1.165) is 22.9 Å².